The normalized spacial score (nSPS) is 19.1. The molecule has 0 saturated heterocycles. The van der Waals surface area contributed by atoms with Gasteiger partial charge in [-0.3, -0.25) is 0 Å². The van der Waals surface area contributed by atoms with Gasteiger partial charge in [-0.1, -0.05) is 0 Å². The number of anilines is 2. The lowest BCUT2D eigenvalue weighted by Gasteiger charge is -2.19. The van der Waals surface area contributed by atoms with Crippen LogP contribution in [-0.2, 0) is 0 Å². The van der Waals surface area contributed by atoms with E-state index >= 15 is 0 Å². The second kappa shape index (κ2) is 6.92. The molecule has 2 fully saturated rings. The highest BCUT2D eigenvalue weighted by molar-refractivity contribution is 7.09. The van der Waals surface area contributed by atoms with Crippen molar-refractivity contribution in [2.75, 3.05) is 10.6 Å². The summed E-state index contributed by atoms with van der Waals surface area (Å²) in [6.07, 6.45) is 10.4. The molecule has 0 radical (unpaired) electrons. The molecular weight excluding hydrogens is 364 g/mol. The van der Waals surface area contributed by atoms with E-state index in [1.165, 1.54) is 25.7 Å². The van der Waals surface area contributed by atoms with Crippen molar-refractivity contribution in [3.8, 4) is 0 Å². The summed E-state index contributed by atoms with van der Waals surface area (Å²) in [7, 11) is 0. The van der Waals surface area contributed by atoms with Crippen LogP contribution in [0.3, 0.4) is 0 Å². The Morgan fingerprint density at radius 3 is 1.65 bits per heavy atom. The summed E-state index contributed by atoms with van der Waals surface area (Å²) < 4.78 is 0. The van der Waals surface area contributed by atoms with Crippen LogP contribution in [0.5, 0.6) is 0 Å². The lowest BCUT2D eigenvalue weighted by molar-refractivity contribution is 0.665. The van der Waals surface area contributed by atoms with Gasteiger partial charge in [-0.2, -0.15) is 0 Å². The molecule has 2 aliphatic carbocycles. The van der Waals surface area contributed by atoms with Crippen LogP contribution in [0.15, 0.2) is 35.5 Å². The molecule has 3 heterocycles. The highest BCUT2D eigenvalue weighted by Crippen LogP contribution is 2.44. The van der Waals surface area contributed by atoms with Gasteiger partial charge in [0, 0.05) is 29.2 Å². The molecule has 2 atom stereocenters. The molecular formula is C18H20N6S2. The first-order chi connectivity index (χ1) is 12.9. The van der Waals surface area contributed by atoms with E-state index in [1.54, 1.807) is 29.0 Å². The molecule has 0 spiro atoms. The van der Waals surface area contributed by atoms with Crippen molar-refractivity contribution in [1.82, 2.24) is 19.9 Å². The molecule has 3 aromatic rings. The quantitative estimate of drug-likeness (QED) is 0.595. The van der Waals surface area contributed by atoms with Crippen molar-refractivity contribution in [3.63, 3.8) is 0 Å². The maximum atomic E-state index is 4.50. The maximum Gasteiger partial charge on any atom is 0.132 e. The molecule has 0 aliphatic heterocycles. The number of aromatic nitrogens is 4. The van der Waals surface area contributed by atoms with Gasteiger partial charge in [0.1, 0.15) is 28.0 Å². The molecule has 3 aromatic heterocycles. The van der Waals surface area contributed by atoms with Gasteiger partial charge in [-0.15, -0.1) is 22.7 Å². The average Bonchev–Trinajstić information content (AvgIpc) is 3.56. The van der Waals surface area contributed by atoms with Crippen LogP contribution in [0.2, 0.25) is 0 Å². The topological polar surface area (TPSA) is 75.6 Å². The van der Waals surface area contributed by atoms with Crippen molar-refractivity contribution in [2.45, 2.75) is 37.8 Å². The summed E-state index contributed by atoms with van der Waals surface area (Å²) in [5.74, 6) is 3.01. The van der Waals surface area contributed by atoms with E-state index < -0.39 is 0 Å². The third kappa shape index (κ3) is 3.57. The Hall–Kier alpha value is -2.06. The lowest BCUT2D eigenvalue weighted by atomic mass is 10.2. The van der Waals surface area contributed by atoms with Gasteiger partial charge in [-0.25, -0.2) is 19.9 Å². The van der Waals surface area contributed by atoms with Crippen molar-refractivity contribution in [3.05, 3.63) is 45.6 Å². The minimum absolute atomic E-state index is 0.246. The van der Waals surface area contributed by atoms with Crippen LogP contribution < -0.4 is 10.6 Å². The largest absolute Gasteiger partial charge is 0.360 e. The Morgan fingerprint density at radius 1 is 0.769 bits per heavy atom. The summed E-state index contributed by atoms with van der Waals surface area (Å²) >= 11 is 3.41. The van der Waals surface area contributed by atoms with E-state index in [-0.39, 0.29) is 12.1 Å². The molecule has 0 aromatic carbocycles. The second-order valence-electron chi connectivity index (χ2n) is 6.95. The van der Waals surface area contributed by atoms with Crippen molar-refractivity contribution in [2.24, 2.45) is 11.8 Å². The number of nitrogens with one attached hydrogen (secondary N) is 2. The molecule has 134 valence electrons. The average molecular weight is 385 g/mol. The Kier molecular flexibility index (Phi) is 4.30. The Bertz CT molecular complexity index is 775. The zero-order chi connectivity index (χ0) is 17.3. The van der Waals surface area contributed by atoms with E-state index in [9.17, 15) is 0 Å². The third-order valence-corrected chi connectivity index (χ3v) is 6.61. The van der Waals surface area contributed by atoms with E-state index in [1.807, 2.05) is 29.2 Å². The third-order valence-electron chi connectivity index (χ3n) is 4.90. The van der Waals surface area contributed by atoms with Crippen molar-refractivity contribution < 1.29 is 0 Å². The first-order valence-electron chi connectivity index (χ1n) is 9.01. The number of hydrogen-bond donors (Lipinski definition) is 2. The molecule has 2 aliphatic rings. The van der Waals surface area contributed by atoms with Crippen LogP contribution in [0.25, 0.3) is 0 Å². The minimum atomic E-state index is 0.246. The summed E-state index contributed by atoms with van der Waals surface area (Å²) in [6, 6.07) is 2.50. The smallest absolute Gasteiger partial charge is 0.132 e. The van der Waals surface area contributed by atoms with Crippen LogP contribution in [-0.4, -0.2) is 19.9 Å². The molecule has 2 N–H and O–H groups in total. The van der Waals surface area contributed by atoms with E-state index in [4.69, 9.17) is 0 Å². The fourth-order valence-corrected chi connectivity index (χ4v) is 4.79. The minimum Gasteiger partial charge on any atom is -0.360 e. The lowest BCUT2D eigenvalue weighted by Crippen LogP contribution is -2.16. The van der Waals surface area contributed by atoms with Gasteiger partial charge in [0.2, 0.25) is 0 Å². The molecule has 2 saturated carbocycles. The fourth-order valence-electron chi connectivity index (χ4n) is 3.23. The molecule has 8 heteroatoms. The van der Waals surface area contributed by atoms with Gasteiger partial charge >= 0.3 is 0 Å². The zero-order valence-corrected chi connectivity index (χ0v) is 15.8. The first-order valence-corrected chi connectivity index (χ1v) is 10.8. The standard InChI is InChI=1S/C18H20N6S2/c1-2-11(1)15(17-19-5-7-25-17)23-13-9-14(22-10-21-13)24-16(12-3-4-12)18-20-6-8-26-18/h5-12,15-16H,1-4H2,(H2,21,22,23,24). The van der Waals surface area contributed by atoms with Crippen LogP contribution in [0.4, 0.5) is 11.6 Å². The van der Waals surface area contributed by atoms with Crippen LogP contribution >= 0.6 is 22.7 Å². The summed E-state index contributed by atoms with van der Waals surface area (Å²) in [5.41, 5.74) is 0. The molecule has 5 rings (SSSR count). The fraction of sp³-hybridized carbons (Fsp3) is 0.444. The number of rotatable bonds is 8. The molecule has 2 unspecified atom stereocenters. The number of hydrogen-bond acceptors (Lipinski definition) is 8. The summed E-state index contributed by atoms with van der Waals surface area (Å²) in [6.45, 7) is 0. The van der Waals surface area contributed by atoms with Gasteiger partial charge in [0.05, 0.1) is 12.1 Å². The highest BCUT2D eigenvalue weighted by atomic mass is 32.1. The van der Waals surface area contributed by atoms with Crippen LogP contribution in [0, 0.1) is 11.8 Å². The maximum absolute atomic E-state index is 4.50. The monoisotopic (exact) mass is 384 g/mol. The predicted molar refractivity (Wildman–Crippen MR) is 104 cm³/mol. The summed E-state index contributed by atoms with van der Waals surface area (Å²) in [4.78, 5) is 17.9. The Morgan fingerprint density at radius 2 is 1.27 bits per heavy atom. The van der Waals surface area contributed by atoms with Crippen molar-refractivity contribution in [1.29, 1.82) is 0 Å². The molecule has 0 amide bonds. The van der Waals surface area contributed by atoms with Gasteiger partial charge < -0.3 is 10.6 Å². The van der Waals surface area contributed by atoms with E-state index in [2.05, 4.69) is 30.6 Å². The number of nitrogens with zero attached hydrogens (tertiary/aromatic N) is 4. The summed E-state index contributed by atoms with van der Waals surface area (Å²) in [5, 5.41) is 13.5. The van der Waals surface area contributed by atoms with Gasteiger partial charge in [0.15, 0.2) is 0 Å². The highest BCUT2D eigenvalue weighted by Gasteiger charge is 2.35. The Labute approximate surface area is 160 Å². The van der Waals surface area contributed by atoms with E-state index in [0.717, 1.165) is 21.7 Å². The molecule has 6 nitrogen and oxygen atoms in total. The van der Waals surface area contributed by atoms with Crippen LogP contribution in [0.1, 0.15) is 47.8 Å². The van der Waals surface area contributed by atoms with Gasteiger partial charge in [0.25, 0.3) is 0 Å². The molecule has 26 heavy (non-hydrogen) atoms. The van der Waals surface area contributed by atoms with Gasteiger partial charge in [-0.05, 0) is 37.5 Å². The van der Waals surface area contributed by atoms with Crippen molar-refractivity contribution >= 4 is 34.3 Å². The van der Waals surface area contributed by atoms with E-state index in [0.29, 0.717) is 11.8 Å². The number of thiazole rings is 2. The predicted octanol–water partition coefficient (Wildman–Crippen LogP) is 4.52. The zero-order valence-electron chi connectivity index (χ0n) is 14.2. The SMILES string of the molecule is c1nc(NC(c2nccs2)C2CC2)cc(NC(c2nccs2)C2CC2)n1. The molecule has 0 bridgehead atoms. The first kappa shape index (κ1) is 16.1. The Balaban J connectivity index is 1.34. The second-order valence-corrected chi connectivity index (χ2v) is 8.80.